The monoisotopic (exact) mass is 403 g/mol. The second-order valence-corrected chi connectivity index (χ2v) is 5.37. The Kier molecular flexibility index (Phi) is 4.72. The van der Waals surface area contributed by atoms with Gasteiger partial charge in [-0.1, -0.05) is 31.9 Å². The Morgan fingerprint density at radius 1 is 1.25 bits per heavy atom. The van der Waals surface area contributed by atoms with Gasteiger partial charge in [0.25, 0.3) is 5.69 Å². The maximum absolute atomic E-state index is 13.3. The largest absolute Gasteiger partial charge is 0.457 e. The molecule has 0 aromatic heterocycles. The van der Waals surface area contributed by atoms with E-state index >= 15 is 0 Å². The van der Waals surface area contributed by atoms with E-state index in [1.807, 2.05) is 0 Å². The average Bonchev–Trinajstić information content (AvgIpc) is 2.37. The van der Waals surface area contributed by atoms with Crippen molar-refractivity contribution >= 4 is 37.5 Å². The van der Waals surface area contributed by atoms with Crippen LogP contribution < -0.4 is 4.74 Å². The van der Waals surface area contributed by atoms with Gasteiger partial charge < -0.3 is 4.74 Å². The molecule has 2 aromatic carbocycles. The molecule has 0 heterocycles. The number of nitrogens with zero attached hydrogens (tertiary/aromatic N) is 1. The average molecular weight is 405 g/mol. The van der Waals surface area contributed by atoms with Crippen molar-refractivity contribution in [1.29, 1.82) is 0 Å². The molecule has 0 unspecified atom stereocenters. The standard InChI is InChI=1S/C13H8Br2FNO3/c14-7-8-3-11(17(18)19)1-2-13(8)20-12-5-9(15)4-10(16)6-12/h1-6H,7H2. The van der Waals surface area contributed by atoms with Gasteiger partial charge >= 0.3 is 0 Å². The van der Waals surface area contributed by atoms with E-state index in [4.69, 9.17) is 4.74 Å². The van der Waals surface area contributed by atoms with Crippen LogP contribution in [0.15, 0.2) is 40.9 Å². The van der Waals surface area contributed by atoms with Crippen molar-refractivity contribution in [3.05, 3.63) is 62.4 Å². The van der Waals surface area contributed by atoms with Crippen LogP contribution >= 0.6 is 31.9 Å². The lowest BCUT2D eigenvalue weighted by atomic mass is 10.2. The highest BCUT2D eigenvalue weighted by molar-refractivity contribution is 9.10. The first-order chi connectivity index (χ1) is 9.49. The molecule has 0 amide bonds. The molecule has 0 atom stereocenters. The summed E-state index contributed by atoms with van der Waals surface area (Å²) in [6, 6.07) is 8.42. The van der Waals surface area contributed by atoms with Gasteiger partial charge in [0.15, 0.2) is 0 Å². The molecule has 2 rings (SSSR count). The molecule has 0 aliphatic carbocycles. The van der Waals surface area contributed by atoms with Gasteiger partial charge in [-0.3, -0.25) is 10.1 Å². The smallest absolute Gasteiger partial charge is 0.270 e. The van der Waals surface area contributed by atoms with Gasteiger partial charge in [-0.25, -0.2) is 4.39 Å². The molecule has 20 heavy (non-hydrogen) atoms. The van der Waals surface area contributed by atoms with Crippen molar-refractivity contribution in [3.8, 4) is 11.5 Å². The predicted molar refractivity (Wildman–Crippen MR) is 79.9 cm³/mol. The number of hydrogen-bond acceptors (Lipinski definition) is 3. The Morgan fingerprint density at radius 2 is 2.00 bits per heavy atom. The Labute approximate surface area is 131 Å². The minimum absolute atomic E-state index is 0.0211. The Hall–Kier alpha value is -1.47. The number of non-ortho nitro benzene ring substituents is 1. The molecule has 0 fully saturated rings. The summed E-state index contributed by atoms with van der Waals surface area (Å²) in [6.45, 7) is 0. The molecule has 7 heteroatoms. The van der Waals surface area contributed by atoms with Crippen LogP contribution in [0.1, 0.15) is 5.56 Å². The maximum Gasteiger partial charge on any atom is 0.270 e. The number of hydrogen-bond donors (Lipinski definition) is 0. The molecule has 0 N–H and O–H groups in total. The third-order valence-corrected chi connectivity index (χ3v) is 3.52. The number of ether oxygens (including phenoxy) is 1. The normalized spacial score (nSPS) is 10.3. The number of nitro groups is 1. The van der Waals surface area contributed by atoms with Gasteiger partial charge in [0.05, 0.1) is 4.92 Å². The van der Waals surface area contributed by atoms with E-state index in [0.717, 1.165) is 0 Å². The summed E-state index contributed by atoms with van der Waals surface area (Å²) in [4.78, 5) is 10.2. The quantitative estimate of drug-likeness (QED) is 0.400. The topological polar surface area (TPSA) is 52.4 Å². The van der Waals surface area contributed by atoms with Crippen LogP contribution in [0.2, 0.25) is 0 Å². The lowest BCUT2D eigenvalue weighted by molar-refractivity contribution is -0.384. The number of nitro benzene ring substituents is 1. The van der Waals surface area contributed by atoms with Crippen molar-refractivity contribution in [2.75, 3.05) is 0 Å². The lowest BCUT2D eigenvalue weighted by Gasteiger charge is -2.10. The Balaban J connectivity index is 2.35. The third-order valence-electron chi connectivity index (χ3n) is 2.46. The van der Waals surface area contributed by atoms with Crippen molar-refractivity contribution in [1.82, 2.24) is 0 Å². The Bertz CT molecular complexity index is 644. The number of halogens is 3. The molecule has 2 aromatic rings. The van der Waals surface area contributed by atoms with Crippen molar-refractivity contribution in [2.24, 2.45) is 0 Å². The fourth-order valence-corrected chi connectivity index (χ4v) is 2.48. The van der Waals surface area contributed by atoms with Crippen LogP contribution in [-0.4, -0.2) is 4.92 Å². The summed E-state index contributed by atoms with van der Waals surface area (Å²) in [5, 5.41) is 11.1. The van der Waals surface area contributed by atoms with Gasteiger partial charge in [-0.2, -0.15) is 0 Å². The van der Waals surface area contributed by atoms with Gasteiger partial charge in [-0.05, 0) is 18.2 Å². The van der Waals surface area contributed by atoms with Crippen molar-refractivity contribution in [3.63, 3.8) is 0 Å². The van der Waals surface area contributed by atoms with Gasteiger partial charge in [0, 0.05) is 33.6 Å². The molecule has 0 bridgehead atoms. The molecule has 4 nitrogen and oxygen atoms in total. The summed E-state index contributed by atoms with van der Waals surface area (Å²) in [7, 11) is 0. The summed E-state index contributed by atoms with van der Waals surface area (Å²) in [5.41, 5.74) is 0.590. The molecule has 0 spiro atoms. The number of alkyl halides is 1. The zero-order valence-electron chi connectivity index (χ0n) is 9.98. The van der Waals surface area contributed by atoms with Crippen molar-refractivity contribution in [2.45, 2.75) is 5.33 Å². The second-order valence-electron chi connectivity index (χ2n) is 3.89. The highest BCUT2D eigenvalue weighted by atomic mass is 79.9. The van der Waals surface area contributed by atoms with E-state index in [2.05, 4.69) is 31.9 Å². The Morgan fingerprint density at radius 3 is 2.60 bits per heavy atom. The highest BCUT2D eigenvalue weighted by Crippen LogP contribution is 2.31. The molecular formula is C13H8Br2FNO3. The molecule has 0 aliphatic rings. The van der Waals surface area contributed by atoms with E-state index in [0.29, 0.717) is 26.9 Å². The van der Waals surface area contributed by atoms with Crippen LogP contribution in [-0.2, 0) is 5.33 Å². The minimum Gasteiger partial charge on any atom is -0.457 e. The van der Waals surface area contributed by atoms with E-state index < -0.39 is 10.7 Å². The maximum atomic E-state index is 13.3. The number of rotatable bonds is 4. The molecule has 0 radical (unpaired) electrons. The molecular weight excluding hydrogens is 397 g/mol. The summed E-state index contributed by atoms with van der Waals surface area (Å²) < 4.78 is 19.4. The lowest BCUT2D eigenvalue weighted by Crippen LogP contribution is -1.94. The van der Waals surface area contributed by atoms with E-state index in [-0.39, 0.29) is 5.69 Å². The molecule has 0 saturated heterocycles. The van der Waals surface area contributed by atoms with Gasteiger partial charge in [-0.15, -0.1) is 0 Å². The van der Waals surface area contributed by atoms with Crippen LogP contribution in [0, 0.1) is 15.9 Å². The SMILES string of the molecule is O=[N+]([O-])c1ccc(Oc2cc(F)cc(Br)c2)c(CBr)c1. The highest BCUT2D eigenvalue weighted by Gasteiger charge is 2.12. The van der Waals surface area contributed by atoms with Crippen molar-refractivity contribution < 1.29 is 14.1 Å². The first kappa shape index (κ1) is 14.9. The van der Waals surface area contributed by atoms with Crippen LogP contribution in [0.5, 0.6) is 11.5 Å². The van der Waals surface area contributed by atoms with Gasteiger partial charge in [0.2, 0.25) is 0 Å². The fraction of sp³-hybridized carbons (Fsp3) is 0.0769. The first-order valence-electron chi connectivity index (χ1n) is 5.47. The van der Waals surface area contributed by atoms with Crippen LogP contribution in [0.4, 0.5) is 10.1 Å². The van der Waals surface area contributed by atoms with E-state index in [9.17, 15) is 14.5 Å². The number of benzene rings is 2. The molecule has 0 saturated carbocycles. The van der Waals surface area contributed by atoms with Gasteiger partial charge in [0.1, 0.15) is 17.3 Å². The minimum atomic E-state index is -0.477. The zero-order valence-corrected chi connectivity index (χ0v) is 13.1. The van der Waals surface area contributed by atoms with E-state index in [1.165, 1.54) is 30.3 Å². The van der Waals surface area contributed by atoms with Crippen LogP contribution in [0.3, 0.4) is 0 Å². The molecule has 0 aliphatic heterocycles. The zero-order chi connectivity index (χ0) is 14.7. The second kappa shape index (κ2) is 6.32. The summed E-state index contributed by atoms with van der Waals surface area (Å²) >= 11 is 6.42. The predicted octanol–water partition coefficient (Wildman–Crippen LogP) is 5.18. The first-order valence-corrected chi connectivity index (χ1v) is 7.38. The summed E-state index contributed by atoms with van der Waals surface area (Å²) in [5.74, 6) is 0.314. The third kappa shape index (κ3) is 3.55. The van der Waals surface area contributed by atoms with Crippen LogP contribution in [0.25, 0.3) is 0 Å². The fourth-order valence-electron chi connectivity index (χ4n) is 1.60. The summed E-state index contributed by atoms with van der Waals surface area (Å²) in [6.07, 6.45) is 0. The van der Waals surface area contributed by atoms with E-state index in [1.54, 1.807) is 6.07 Å². The molecule has 104 valence electrons.